The summed E-state index contributed by atoms with van der Waals surface area (Å²) < 4.78 is 13.7. The molecular weight excluding hydrogens is 231 g/mol. The number of nitrogens with one attached hydrogen (secondary N) is 1. The van der Waals surface area contributed by atoms with Gasteiger partial charge in [0, 0.05) is 12.6 Å². The Bertz CT molecular complexity index is 456. The Morgan fingerprint density at radius 2 is 2.28 bits per heavy atom. The van der Waals surface area contributed by atoms with Gasteiger partial charge < -0.3 is 10.4 Å². The molecular formula is C14H17FN2O. The Kier molecular flexibility index (Phi) is 4.16. The van der Waals surface area contributed by atoms with Crippen LogP contribution >= 0.6 is 0 Å². The Labute approximate surface area is 106 Å². The molecule has 3 nitrogen and oxygen atoms in total. The van der Waals surface area contributed by atoms with Gasteiger partial charge >= 0.3 is 0 Å². The maximum absolute atomic E-state index is 13.7. The standard InChI is InChI=1S/C14H17FN2O/c15-12-8-10(9-16)4-5-14(12)17-13-3-1-2-11(13)6-7-18/h4-5,8,11,13,17-18H,1-3,6-7H2. The van der Waals surface area contributed by atoms with Gasteiger partial charge in [-0.05, 0) is 43.4 Å². The Morgan fingerprint density at radius 3 is 2.94 bits per heavy atom. The zero-order valence-electron chi connectivity index (χ0n) is 10.2. The number of hydrogen-bond donors (Lipinski definition) is 2. The average Bonchev–Trinajstić information content (AvgIpc) is 2.80. The van der Waals surface area contributed by atoms with Gasteiger partial charge in [-0.3, -0.25) is 0 Å². The van der Waals surface area contributed by atoms with E-state index in [1.54, 1.807) is 12.1 Å². The van der Waals surface area contributed by atoms with Crippen LogP contribution in [0.4, 0.5) is 10.1 Å². The zero-order chi connectivity index (χ0) is 13.0. The summed E-state index contributed by atoms with van der Waals surface area (Å²) in [4.78, 5) is 0. The van der Waals surface area contributed by atoms with Gasteiger partial charge in [0.2, 0.25) is 0 Å². The van der Waals surface area contributed by atoms with Crippen LogP contribution in [0.15, 0.2) is 18.2 Å². The molecule has 0 aromatic heterocycles. The van der Waals surface area contributed by atoms with E-state index in [-0.39, 0.29) is 18.5 Å². The number of aliphatic hydroxyl groups is 1. The van der Waals surface area contributed by atoms with Crippen molar-refractivity contribution in [1.29, 1.82) is 5.26 Å². The topological polar surface area (TPSA) is 56.0 Å². The number of halogens is 1. The lowest BCUT2D eigenvalue weighted by atomic mass is 9.99. The third-order valence-corrected chi connectivity index (χ3v) is 3.60. The smallest absolute Gasteiger partial charge is 0.147 e. The number of hydrogen-bond acceptors (Lipinski definition) is 3. The first-order chi connectivity index (χ1) is 8.74. The highest BCUT2D eigenvalue weighted by atomic mass is 19.1. The molecule has 1 saturated carbocycles. The van der Waals surface area contributed by atoms with Crippen LogP contribution in [0.2, 0.25) is 0 Å². The fourth-order valence-corrected chi connectivity index (χ4v) is 2.64. The second-order valence-electron chi connectivity index (χ2n) is 4.76. The van der Waals surface area contributed by atoms with Crippen molar-refractivity contribution in [2.75, 3.05) is 11.9 Å². The number of rotatable bonds is 4. The van der Waals surface area contributed by atoms with Gasteiger partial charge in [-0.1, -0.05) is 6.42 Å². The first-order valence-electron chi connectivity index (χ1n) is 6.31. The lowest BCUT2D eigenvalue weighted by Gasteiger charge is -2.21. The third kappa shape index (κ3) is 2.80. The largest absolute Gasteiger partial charge is 0.396 e. The van der Waals surface area contributed by atoms with Crippen LogP contribution in [-0.2, 0) is 0 Å². The van der Waals surface area contributed by atoms with Crippen molar-refractivity contribution in [3.8, 4) is 6.07 Å². The van der Waals surface area contributed by atoms with E-state index in [0.29, 0.717) is 17.2 Å². The van der Waals surface area contributed by atoms with E-state index >= 15 is 0 Å². The molecule has 0 saturated heterocycles. The Hall–Kier alpha value is -1.60. The zero-order valence-corrected chi connectivity index (χ0v) is 10.2. The summed E-state index contributed by atoms with van der Waals surface area (Å²) in [7, 11) is 0. The normalized spacial score (nSPS) is 22.7. The quantitative estimate of drug-likeness (QED) is 0.861. The van der Waals surface area contributed by atoms with Gasteiger partial charge in [-0.2, -0.15) is 5.26 Å². The molecule has 0 bridgehead atoms. The number of nitriles is 1. The minimum absolute atomic E-state index is 0.179. The average molecular weight is 248 g/mol. The Morgan fingerprint density at radius 1 is 1.44 bits per heavy atom. The predicted octanol–water partition coefficient (Wildman–Crippen LogP) is 2.66. The molecule has 96 valence electrons. The molecule has 1 aromatic carbocycles. The number of benzene rings is 1. The first kappa shape index (κ1) is 12.8. The summed E-state index contributed by atoms with van der Waals surface area (Å²) >= 11 is 0. The summed E-state index contributed by atoms with van der Waals surface area (Å²) in [5.74, 6) is 0.0220. The minimum Gasteiger partial charge on any atom is -0.396 e. The van der Waals surface area contributed by atoms with Gasteiger partial charge in [-0.25, -0.2) is 4.39 Å². The molecule has 4 heteroatoms. The highest BCUT2D eigenvalue weighted by Crippen LogP contribution is 2.31. The highest BCUT2D eigenvalue weighted by molar-refractivity contribution is 5.49. The molecule has 0 aliphatic heterocycles. The maximum atomic E-state index is 13.7. The number of anilines is 1. The van der Waals surface area contributed by atoms with Crippen molar-refractivity contribution >= 4 is 5.69 Å². The highest BCUT2D eigenvalue weighted by Gasteiger charge is 2.27. The number of aliphatic hydroxyl groups excluding tert-OH is 1. The molecule has 2 unspecified atom stereocenters. The van der Waals surface area contributed by atoms with E-state index in [2.05, 4.69) is 5.32 Å². The molecule has 0 spiro atoms. The lowest BCUT2D eigenvalue weighted by molar-refractivity contribution is 0.254. The van der Waals surface area contributed by atoms with E-state index in [0.717, 1.165) is 25.7 Å². The molecule has 1 fully saturated rings. The van der Waals surface area contributed by atoms with Crippen molar-refractivity contribution in [3.63, 3.8) is 0 Å². The van der Waals surface area contributed by atoms with Crippen LogP contribution in [0.1, 0.15) is 31.2 Å². The monoisotopic (exact) mass is 248 g/mol. The molecule has 0 radical (unpaired) electrons. The van der Waals surface area contributed by atoms with Gasteiger partial charge in [0.25, 0.3) is 0 Å². The number of nitrogens with zero attached hydrogens (tertiary/aromatic N) is 1. The molecule has 0 heterocycles. The van der Waals surface area contributed by atoms with Crippen LogP contribution in [0.25, 0.3) is 0 Å². The van der Waals surface area contributed by atoms with Crippen LogP contribution in [0.3, 0.4) is 0 Å². The van der Waals surface area contributed by atoms with Crippen molar-refractivity contribution < 1.29 is 9.50 Å². The maximum Gasteiger partial charge on any atom is 0.147 e. The van der Waals surface area contributed by atoms with Crippen LogP contribution < -0.4 is 5.32 Å². The van der Waals surface area contributed by atoms with E-state index < -0.39 is 0 Å². The molecule has 2 rings (SSSR count). The summed E-state index contributed by atoms with van der Waals surface area (Å²) in [6.45, 7) is 0.179. The van der Waals surface area contributed by atoms with E-state index in [4.69, 9.17) is 10.4 Å². The molecule has 2 N–H and O–H groups in total. The predicted molar refractivity (Wildman–Crippen MR) is 67.6 cm³/mol. The van der Waals surface area contributed by atoms with E-state index in [1.165, 1.54) is 6.07 Å². The molecule has 18 heavy (non-hydrogen) atoms. The van der Waals surface area contributed by atoms with Gasteiger partial charge in [0.05, 0.1) is 17.3 Å². The summed E-state index contributed by atoms with van der Waals surface area (Å²) in [5.41, 5.74) is 0.778. The fraction of sp³-hybridized carbons (Fsp3) is 0.500. The van der Waals surface area contributed by atoms with Crippen LogP contribution in [-0.4, -0.2) is 17.8 Å². The minimum atomic E-state index is -0.385. The fourth-order valence-electron chi connectivity index (χ4n) is 2.64. The van der Waals surface area contributed by atoms with Gasteiger partial charge in [0.15, 0.2) is 0 Å². The first-order valence-corrected chi connectivity index (χ1v) is 6.31. The lowest BCUT2D eigenvalue weighted by Crippen LogP contribution is -2.25. The molecule has 1 aromatic rings. The molecule has 1 aliphatic rings. The SMILES string of the molecule is N#Cc1ccc(NC2CCCC2CCO)c(F)c1. The summed E-state index contributed by atoms with van der Waals surface area (Å²) in [6, 6.07) is 6.61. The second kappa shape index (κ2) is 5.83. The van der Waals surface area contributed by atoms with Gasteiger partial charge in [0.1, 0.15) is 5.82 Å². The van der Waals surface area contributed by atoms with Crippen LogP contribution in [0, 0.1) is 23.1 Å². The van der Waals surface area contributed by atoms with Crippen molar-refractivity contribution in [2.24, 2.45) is 5.92 Å². The van der Waals surface area contributed by atoms with E-state index in [9.17, 15) is 4.39 Å². The second-order valence-corrected chi connectivity index (χ2v) is 4.76. The van der Waals surface area contributed by atoms with Gasteiger partial charge in [-0.15, -0.1) is 0 Å². The van der Waals surface area contributed by atoms with Crippen molar-refractivity contribution in [3.05, 3.63) is 29.6 Å². The van der Waals surface area contributed by atoms with E-state index in [1.807, 2.05) is 6.07 Å². The summed E-state index contributed by atoms with van der Waals surface area (Å²) in [5, 5.41) is 20.9. The molecule has 1 aliphatic carbocycles. The molecule has 2 atom stereocenters. The third-order valence-electron chi connectivity index (χ3n) is 3.60. The van der Waals surface area contributed by atoms with Crippen molar-refractivity contribution in [2.45, 2.75) is 31.7 Å². The van der Waals surface area contributed by atoms with Crippen molar-refractivity contribution in [1.82, 2.24) is 0 Å². The molecule has 0 amide bonds. The Balaban J connectivity index is 2.07. The van der Waals surface area contributed by atoms with Crippen LogP contribution in [0.5, 0.6) is 0 Å². The summed E-state index contributed by atoms with van der Waals surface area (Å²) in [6.07, 6.45) is 3.95.